The Hall–Kier alpha value is -2.61. The molecule has 0 saturated carbocycles. The summed E-state index contributed by atoms with van der Waals surface area (Å²) in [4.78, 5) is 36.0. The van der Waals surface area contributed by atoms with Gasteiger partial charge in [0.1, 0.15) is 6.42 Å². The molecule has 0 saturated heterocycles. The molecule has 116 valence electrons. The lowest BCUT2D eigenvalue weighted by Gasteiger charge is -2.15. The van der Waals surface area contributed by atoms with Crippen LogP contribution in [0.2, 0.25) is 0 Å². The smallest absolute Gasteiger partial charge is 0.315 e. The van der Waals surface area contributed by atoms with E-state index in [1.54, 1.807) is 13.0 Å². The molecule has 0 bridgehead atoms. The molecule has 0 heterocycles. The van der Waals surface area contributed by atoms with Crippen LogP contribution in [0.5, 0.6) is 0 Å². The molecule has 0 atom stereocenters. The molecule has 5 nitrogen and oxygen atoms in total. The third-order valence-electron chi connectivity index (χ3n) is 3.13. The molecule has 5 heteroatoms. The lowest BCUT2D eigenvalue weighted by atomic mass is 10.0. The molecule has 0 spiro atoms. The first kappa shape index (κ1) is 17.4. The maximum Gasteiger partial charge on any atom is 0.315 e. The van der Waals surface area contributed by atoms with Crippen LogP contribution in [0.4, 0.5) is 0 Å². The summed E-state index contributed by atoms with van der Waals surface area (Å²) < 4.78 is 4.68. The second-order valence-corrected chi connectivity index (χ2v) is 4.63. The molecule has 1 rings (SSSR count). The van der Waals surface area contributed by atoms with Crippen molar-refractivity contribution in [1.82, 2.24) is 4.90 Å². The molecular weight excluding hydrogens is 282 g/mol. The highest BCUT2D eigenvalue weighted by atomic mass is 16.5. The molecule has 0 aromatic heterocycles. The zero-order chi connectivity index (χ0) is 16.5. The SMILES string of the molecule is C#Cc1ccccc1CCC(=O)N(C)C(=O)CC(=O)OCC. The van der Waals surface area contributed by atoms with Gasteiger partial charge in [-0.3, -0.25) is 19.3 Å². The molecule has 0 aliphatic rings. The minimum Gasteiger partial charge on any atom is -0.466 e. The highest BCUT2D eigenvalue weighted by Gasteiger charge is 2.20. The van der Waals surface area contributed by atoms with Gasteiger partial charge in [0.2, 0.25) is 11.8 Å². The van der Waals surface area contributed by atoms with Crippen LogP contribution in [-0.4, -0.2) is 36.3 Å². The molecule has 1 aromatic carbocycles. The number of esters is 1. The maximum absolute atomic E-state index is 12.0. The van der Waals surface area contributed by atoms with Crippen LogP contribution in [0, 0.1) is 12.3 Å². The molecule has 0 N–H and O–H groups in total. The average Bonchev–Trinajstić information content (AvgIpc) is 2.52. The monoisotopic (exact) mass is 301 g/mol. The normalized spacial score (nSPS) is 9.68. The van der Waals surface area contributed by atoms with E-state index in [2.05, 4.69) is 10.7 Å². The Morgan fingerprint density at radius 1 is 1.23 bits per heavy atom. The predicted molar refractivity (Wildman–Crippen MR) is 81.7 cm³/mol. The number of ether oxygens (including phenoxy) is 1. The Kier molecular flexibility index (Phi) is 6.84. The maximum atomic E-state index is 12.0. The first-order valence-electron chi connectivity index (χ1n) is 6.99. The molecule has 22 heavy (non-hydrogen) atoms. The molecule has 0 aliphatic heterocycles. The van der Waals surface area contributed by atoms with Crippen LogP contribution in [0.25, 0.3) is 0 Å². The fraction of sp³-hybridized carbons (Fsp3) is 0.353. The summed E-state index contributed by atoms with van der Waals surface area (Å²) in [6, 6.07) is 7.32. The summed E-state index contributed by atoms with van der Waals surface area (Å²) in [7, 11) is 1.36. The fourth-order valence-corrected chi connectivity index (χ4v) is 1.88. The average molecular weight is 301 g/mol. The van der Waals surface area contributed by atoms with Crippen molar-refractivity contribution < 1.29 is 19.1 Å². The molecular formula is C17H19NO4. The number of hydrogen-bond donors (Lipinski definition) is 0. The van der Waals surface area contributed by atoms with Crippen molar-refractivity contribution in [3.8, 4) is 12.3 Å². The zero-order valence-electron chi connectivity index (χ0n) is 12.8. The first-order chi connectivity index (χ1) is 10.5. The van der Waals surface area contributed by atoms with Crippen molar-refractivity contribution in [3.63, 3.8) is 0 Å². The van der Waals surface area contributed by atoms with E-state index in [1.807, 2.05) is 18.2 Å². The van der Waals surface area contributed by atoms with E-state index in [4.69, 9.17) is 6.42 Å². The van der Waals surface area contributed by atoms with Crippen molar-refractivity contribution in [2.75, 3.05) is 13.7 Å². The predicted octanol–water partition coefficient (Wildman–Crippen LogP) is 1.54. The number of amides is 2. The first-order valence-corrected chi connectivity index (χ1v) is 6.99. The summed E-state index contributed by atoms with van der Waals surface area (Å²) in [5, 5.41) is 0. The second-order valence-electron chi connectivity index (χ2n) is 4.63. The van der Waals surface area contributed by atoms with Gasteiger partial charge in [0.05, 0.1) is 6.61 Å². The van der Waals surface area contributed by atoms with Crippen molar-refractivity contribution in [1.29, 1.82) is 0 Å². The molecule has 2 amide bonds. The highest BCUT2D eigenvalue weighted by Crippen LogP contribution is 2.11. The quantitative estimate of drug-likeness (QED) is 0.454. The van der Waals surface area contributed by atoms with Gasteiger partial charge >= 0.3 is 5.97 Å². The van der Waals surface area contributed by atoms with Crippen LogP contribution >= 0.6 is 0 Å². The minimum atomic E-state index is -0.634. The third-order valence-corrected chi connectivity index (χ3v) is 3.13. The molecule has 0 aliphatic carbocycles. The van der Waals surface area contributed by atoms with E-state index < -0.39 is 18.3 Å². The Morgan fingerprint density at radius 3 is 2.55 bits per heavy atom. The van der Waals surface area contributed by atoms with Crippen LogP contribution in [0.15, 0.2) is 24.3 Å². The number of imide groups is 1. The van der Waals surface area contributed by atoms with E-state index in [0.29, 0.717) is 6.42 Å². The number of terminal acetylenes is 1. The Balaban J connectivity index is 2.56. The number of carbonyl (C=O) groups is 3. The Labute approximate surface area is 130 Å². The molecule has 0 fully saturated rings. The van der Waals surface area contributed by atoms with Gasteiger partial charge in [-0.05, 0) is 25.0 Å². The zero-order valence-corrected chi connectivity index (χ0v) is 12.8. The van der Waals surface area contributed by atoms with E-state index in [1.165, 1.54) is 7.05 Å². The van der Waals surface area contributed by atoms with Gasteiger partial charge in [-0.25, -0.2) is 0 Å². The largest absolute Gasteiger partial charge is 0.466 e. The second kappa shape index (κ2) is 8.63. The summed E-state index contributed by atoms with van der Waals surface area (Å²) >= 11 is 0. The van der Waals surface area contributed by atoms with Gasteiger partial charge in [0.25, 0.3) is 0 Å². The van der Waals surface area contributed by atoms with Crippen molar-refractivity contribution in [3.05, 3.63) is 35.4 Å². The van der Waals surface area contributed by atoms with Gasteiger partial charge in [-0.2, -0.15) is 0 Å². The topological polar surface area (TPSA) is 63.7 Å². The van der Waals surface area contributed by atoms with Crippen LogP contribution < -0.4 is 0 Å². The Morgan fingerprint density at radius 2 is 1.91 bits per heavy atom. The highest BCUT2D eigenvalue weighted by molar-refractivity contribution is 6.02. The van der Waals surface area contributed by atoms with Crippen LogP contribution in [0.3, 0.4) is 0 Å². The number of nitrogens with zero attached hydrogens (tertiary/aromatic N) is 1. The van der Waals surface area contributed by atoms with Crippen LogP contribution in [0.1, 0.15) is 30.9 Å². The van der Waals surface area contributed by atoms with Gasteiger partial charge in [-0.15, -0.1) is 6.42 Å². The number of rotatable bonds is 6. The van der Waals surface area contributed by atoms with E-state index in [9.17, 15) is 14.4 Å². The summed E-state index contributed by atoms with van der Waals surface area (Å²) in [5.41, 5.74) is 1.61. The number of carbonyl (C=O) groups excluding carboxylic acids is 3. The van der Waals surface area contributed by atoms with E-state index in [-0.39, 0.29) is 18.9 Å². The lowest BCUT2D eigenvalue weighted by Crippen LogP contribution is -2.34. The minimum absolute atomic E-state index is 0.143. The summed E-state index contributed by atoms with van der Waals surface area (Å²) in [6.45, 7) is 1.85. The standard InChI is InChI=1S/C17H19NO4/c1-4-13-8-6-7-9-14(13)10-11-15(19)18(3)16(20)12-17(21)22-5-2/h1,6-9H,5,10-12H2,2-3H3. The summed E-state index contributed by atoms with van der Waals surface area (Å²) in [6.07, 6.45) is 5.55. The molecule has 0 unspecified atom stereocenters. The lowest BCUT2D eigenvalue weighted by molar-refractivity contribution is -0.150. The van der Waals surface area contributed by atoms with Gasteiger partial charge in [0.15, 0.2) is 0 Å². The third kappa shape index (κ3) is 5.06. The molecule has 0 radical (unpaired) electrons. The van der Waals surface area contributed by atoms with Gasteiger partial charge in [0, 0.05) is 19.0 Å². The van der Waals surface area contributed by atoms with Crippen LogP contribution in [-0.2, 0) is 25.5 Å². The van der Waals surface area contributed by atoms with Crippen molar-refractivity contribution >= 4 is 17.8 Å². The van der Waals surface area contributed by atoms with Gasteiger partial charge in [-0.1, -0.05) is 24.1 Å². The fourth-order valence-electron chi connectivity index (χ4n) is 1.88. The number of benzene rings is 1. The van der Waals surface area contributed by atoms with Crippen molar-refractivity contribution in [2.45, 2.75) is 26.2 Å². The summed E-state index contributed by atoms with van der Waals surface area (Å²) in [5.74, 6) is 0.989. The van der Waals surface area contributed by atoms with E-state index >= 15 is 0 Å². The van der Waals surface area contributed by atoms with Crippen molar-refractivity contribution in [2.24, 2.45) is 0 Å². The van der Waals surface area contributed by atoms with E-state index in [0.717, 1.165) is 16.0 Å². The number of hydrogen-bond acceptors (Lipinski definition) is 4. The Bertz CT molecular complexity index is 601. The molecule has 1 aromatic rings. The number of aryl methyl sites for hydroxylation is 1. The van der Waals surface area contributed by atoms with Gasteiger partial charge < -0.3 is 4.74 Å².